The highest BCUT2D eigenvalue weighted by molar-refractivity contribution is 6.36. The third kappa shape index (κ3) is 6.27. The number of hydrogen-bond acceptors (Lipinski definition) is 4. The molecule has 0 fully saturated rings. The summed E-state index contributed by atoms with van der Waals surface area (Å²) >= 11 is 11.7. The number of carbonyl (C=O) groups is 3. The second kappa shape index (κ2) is 9.39. The van der Waals surface area contributed by atoms with Crippen molar-refractivity contribution >= 4 is 46.7 Å². The van der Waals surface area contributed by atoms with Gasteiger partial charge >= 0.3 is 5.97 Å². The number of aryl methyl sites for hydroxylation is 2. The normalized spacial score (nSPS) is 10.2. The zero-order valence-corrected chi connectivity index (χ0v) is 16.3. The van der Waals surface area contributed by atoms with Crippen LogP contribution in [0.2, 0.25) is 10.0 Å². The van der Waals surface area contributed by atoms with Crippen LogP contribution in [0.3, 0.4) is 0 Å². The van der Waals surface area contributed by atoms with E-state index in [0.29, 0.717) is 10.7 Å². The van der Waals surface area contributed by atoms with Crippen molar-refractivity contribution in [2.45, 2.75) is 13.8 Å². The highest BCUT2D eigenvalue weighted by atomic mass is 35.5. The largest absolute Gasteiger partial charge is 0.454 e. The maximum atomic E-state index is 12.0. The first-order chi connectivity index (χ1) is 12.8. The highest BCUT2D eigenvalue weighted by Gasteiger charge is 2.14. The molecule has 27 heavy (non-hydrogen) atoms. The van der Waals surface area contributed by atoms with Gasteiger partial charge in [0.25, 0.3) is 11.8 Å². The number of ether oxygens (including phenoxy) is 1. The van der Waals surface area contributed by atoms with Crippen molar-refractivity contribution in [2.24, 2.45) is 0 Å². The number of anilines is 1. The van der Waals surface area contributed by atoms with Gasteiger partial charge in [0.15, 0.2) is 6.61 Å². The molecule has 0 radical (unpaired) electrons. The van der Waals surface area contributed by atoms with E-state index in [9.17, 15) is 14.4 Å². The van der Waals surface area contributed by atoms with Gasteiger partial charge < -0.3 is 15.4 Å². The van der Waals surface area contributed by atoms with Crippen molar-refractivity contribution in [3.63, 3.8) is 0 Å². The molecule has 0 unspecified atom stereocenters. The third-order valence-electron chi connectivity index (χ3n) is 3.59. The predicted octanol–water partition coefficient (Wildman–Crippen LogP) is 3.52. The fourth-order valence-electron chi connectivity index (χ4n) is 2.26. The van der Waals surface area contributed by atoms with E-state index in [2.05, 4.69) is 10.6 Å². The Morgan fingerprint density at radius 1 is 1.04 bits per heavy atom. The molecule has 0 saturated carbocycles. The standard InChI is InChI=1S/C19H18Cl2N2O4/c1-11-3-6-16(12(2)7-11)23-17(24)10-27-18(25)9-22-19(26)14-5-4-13(20)8-15(14)21/h3-8H,9-10H2,1-2H3,(H,22,26)(H,23,24). The molecule has 0 heterocycles. The number of rotatable bonds is 6. The molecule has 0 saturated heterocycles. The summed E-state index contributed by atoms with van der Waals surface area (Å²) in [6, 6.07) is 9.96. The fourth-order valence-corrected chi connectivity index (χ4v) is 2.75. The summed E-state index contributed by atoms with van der Waals surface area (Å²) in [5, 5.41) is 5.60. The molecular formula is C19H18Cl2N2O4. The Kier molecular flexibility index (Phi) is 7.21. The summed E-state index contributed by atoms with van der Waals surface area (Å²) in [6.07, 6.45) is 0. The number of esters is 1. The van der Waals surface area contributed by atoms with Crippen LogP contribution in [0.25, 0.3) is 0 Å². The maximum Gasteiger partial charge on any atom is 0.325 e. The third-order valence-corrected chi connectivity index (χ3v) is 4.14. The minimum atomic E-state index is -0.746. The van der Waals surface area contributed by atoms with Crippen LogP contribution in [-0.4, -0.2) is 30.9 Å². The Labute approximate surface area is 166 Å². The van der Waals surface area contributed by atoms with Crippen molar-refractivity contribution in [3.05, 3.63) is 63.1 Å². The van der Waals surface area contributed by atoms with Gasteiger partial charge in [-0.1, -0.05) is 40.9 Å². The molecule has 2 N–H and O–H groups in total. The Morgan fingerprint density at radius 3 is 2.44 bits per heavy atom. The maximum absolute atomic E-state index is 12.0. The molecule has 0 aliphatic rings. The lowest BCUT2D eigenvalue weighted by atomic mass is 10.1. The van der Waals surface area contributed by atoms with Gasteiger partial charge in [-0.25, -0.2) is 0 Å². The Bertz CT molecular complexity index is 884. The molecule has 0 aromatic heterocycles. The van der Waals surface area contributed by atoms with Crippen molar-refractivity contribution in [1.82, 2.24) is 5.32 Å². The fraction of sp³-hybridized carbons (Fsp3) is 0.211. The second-order valence-electron chi connectivity index (χ2n) is 5.83. The molecule has 0 aliphatic carbocycles. The first kappa shape index (κ1) is 20.7. The lowest BCUT2D eigenvalue weighted by Crippen LogP contribution is -2.32. The average Bonchev–Trinajstić information content (AvgIpc) is 2.60. The molecule has 0 atom stereocenters. The molecule has 6 nitrogen and oxygen atoms in total. The van der Waals surface area contributed by atoms with E-state index in [1.807, 2.05) is 26.0 Å². The first-order valence-electron chi connectivity index (χ1n) is 8.02. The Hall–Kier alpha value is -2.57. The van der Waals surface area contributed by atoms with Gasteiger partial charge in [-0.15, -0.1) is 0 Å². The van der Waals surface area contributed by atoms with Gasteiger partial charge in [0.05, 0.1) is 10.6 Å². The summed E-state index contributed by atoms with van der Waals surface area (Å²) in [6.45, 7) is 2.97. The number of nitrogens with one attached hydrogen (secondary N) is 2. The van der Waals surface area contributed by atoms with E-state index in [1.54, 1.807) is 6.07 Å². The van der Waals surface area contributed by atoms with Crippen LogP contribution >= 0.6 is 23.2 Å². The van der Waals surface area contributed by atoms with Crippen molar-refractivity contribution in [2.75, 3.05) is 18.5 Å². The van der Waals surface area contributed by atoms with E-state index in [1.165, 1.54) is 18.2 Å². The number of hydrogen-bond donors (Lipinski definition) is 2. The SMILES string of the molecule is Cc1ccc(NC(=O)COC(=O)CNC(=O)c2ccc(Cl)cc2Cl)c(C)c1. The first-order valence-corrected chi connectivity index (χ1v) is 8.78. The summed E-state index contributed by atoms with van der Waals surface area (Å²) in [5.74, 6) is -1.76. The minimum Gasteiger partial charge on any atom is -0.454 e. The van der Waals surface area contributed by atoms with Crippen LogP contribution in [0.5, 0.6) is 0 Å². The molecule has 142 valence electrons. The van der Waals surface area contributed by atoms with Crippen molar-refractivity contribution < 1.29 is 19.1 Å². The number of benzene rings is 2. The highest BCUT2D eigenvalue weighted by Crippen LogP contribution is 2.20. The number of halogens is 2. The minimum absolute atomic E-state index is 0.168. The van der Waals surface area contributed by atoms with Gasteiger partial charge in [0.1, 0.15) is 6.54 Å². The van der Waals surface area contributed by atoms with Crippen LogP contribution < -0.4 is 10.6 Å². The molecule has 0 spiro atoms. The second-order valence-corrected chi connectivity index (χ2v) is 6.68. The summed E-state index contributed by atoms with van der Waals surface area (Å²) < 4.78 is 4.86. The van der Waals surface area contributed by atoms with Crippen LogP contribution in [0.15, 0.2) is 36.4 Å². The van der Waals surface area contributed by atoms with Crippen LogP contribution in [0, 0.1) is 13.8 Å². The van der Waals surface area contributed by atoms with Gasteiger partial charge in [-0.05, 0) is 43.7 Å². The lowest BCUT2D eigenvalue weighted by molar-refractivity contribution is -0.146. The van der Waals surface area contributed by atoms with Gasteiger partial charge in [0, 0.05) is 10.7 Å². The zero-order chi connectivity index (χ0) is 20.0. The Morgan fingerprint density at radius 2 is 1.78 bits per heavy atom. The summed E-state index contributed by atoms with van der Waals surface area (Å²) in [7, 11) is 0. The Balaban J connectivity index is 1.78. The van der Waals surface area contributed by atoms with Gasteiger partial charge in [-0.3, -0.25) is 14.4 Å². The summed E-state index contributed by atoms with van der Waals surface area (Å²) in [4.78, 5) is 35.6. The topological polar surface area (TPSA) is 84.5 Å². The molecular weight excluding hydrogens is 391 g/mol. The van der Waals surface area contributed by atoms with E-state index in [4.69, 9.17) is 27.9 Å². The van der Waals surface area contributed by atoms with E-state index in [-0.39, 0.29) is 10.6 Å². The zero-order valence-electron chi connectivity index (χ0n) is 14.8. The molecule has 2 aromatic carbocycles. The van der Waals surface area contributed by atoms with Crippen molar-refractivity contribution in [1.29, 1.82) is 0 Å². The molecule has 2 aromatic rings. The van der Waals surface area contributed by atoms with Crippen LogP contribution in [0.1, 0.15) is 21.5 Å². The van der Waals surface area contributed by atoms with Crippen LogP contribution in [0.4, 0.5) is 5.69 Å². The smallest absolute Gasteiger partial charge is 0.325 e. The molecule has 2 rings (SSSR count). The van der Waals surface area contributed by atoms with E-state index < -0.39 is 30.9 Å². The van der Waals surface area contributed by atoms with E-state index >= 15 is 0 Å². The molecule has 2 amide bonds. The monoisotopic (exact) mass is 408 g/mol. The van der Waals surface area contributed by atoms with Gasteiger partial charge in [0.2, 0.25) is 0 Å². The van der Waals surface area contributed by atoms with Crippen LogP contribution in [-0.2, 0) is 14.3 Å². The number of amides is 2. The molecule has 0 aliphatic heterocycles. The lowest BCUT2D eigenvalue weighted by Gasteiger charge is -2.10. The van der Waals surface area contributed by atoms with E-state index in [0.717, 1.165) is 11.1 Å². The average molecular weight is 409 g/mol. The molecule has 8 heteroatoms. The van der Waals surface area contributed by atoms with Gasteiger partial charge in [-0.2, -0.15) is 0 Å². The predicted molar refractivity (Wildman–Crippen MR) is 104 cm³/mol. The summed E-state index contributed by atoms with van der Waals surface area (Å²) in [5.41, 5.74) is 2.81. The van der Waals surface area contributed by atoms with Crippen molar-refractivity contribution in [3.8, 4) is 0 Å². The quantitative estimate of drug-likeness (QED) is 0.716. The number of carbonyl (C=O) groups excluding carboxylic acids is 3. The molecule has 0 bridgehead atoms.